The van der Waals surface area contributed by atoms with E-state index in [0.29, 0.717) is 6.00 Å². The molecule has 0 aliphatic rings. The van der Waals surface area contributed by atoms with Crippen molar-refractivity contribution >= 4 is 31.8 Å². The summed E-state index contributed by atoms with van der Waals surface area (Å²) in [5.74, 6) is 0. The first-order chi connectivity index (χ1) is 3.97. The zero-order valence-electron chi connectivity index (χ0n) is 6.04. The summed E-state index contributed by atoms with van der Waals surface area (Å²) < 4.78 is 0.835. The first-order valence-corrected chi connectivity index (χ1v) is 5.99. The second-order valence-corrected chi connectivity index (χ2v) is 4.65. The summed E-state index contributed by atoms with van der Waals surface area (Å²) in [6, 6.07) is 0.681. The maximum atomic E-state index is 5.45. The van der Waals surface area contributed by atoms with Crippen molar-refractivity contribution in [3.8, 4) is 0 Å². The van der Waals surface area contributed by atoms with Crippen LogP contribution in [0, 0.1) is 0 Å². The Morgan fingerprint density at radius 2 is 1.30 bits per heavy atom. The molecular weight excluding hydrogens is 259 g/mol. The van der Waals surface area contributed by atoms with E-state index in [-0.39, 0.29) is 25.5 Å². The molecular formula is C4H11Cl4MnN. The number of hydrogen-bond donors (Lipinski definition) is 0. The number of hydrogen-bond acceptors (Lipinski definition) is 0. The van der Waals surface area contributed by atoms with Crippen LogP contribution in [-0.2, 0) is 13.1 Å². The summed E-state index contributed by atoms with van der Waals surface area (Å²) in [5.41, 5.74) is 0. The summed E-state index contributed by atoms with van der Waals surface area (Å²) in [7, 11) is 15.7. The molecule has 0 saturated carbocycles. The van der Waals surface area contributed by atoms with E-state index in [2.05, 4.69) is 0 Å². The Hall–Kier alpha value is 1.64. The van der Waals surface area contributed by atoms with Gasteiger partial charge < -0.3 is 16.9 Å². The van der Waals surface area contributed by atoms with Crippen LogP contribution < -0.4 is 12.4 Å². The molecule has 0 aliphatic heterocycles. The summed E-state index contributed by atoms with van der Waals surface area (Å²) in [4.78, 5) is 0. The molecule has 0 aromatic heterocycles. The van der Waals surface area contributed by atoms with Crippen molar-refractivity contribution in [1.29, 1.82) is 0 Å². The first-order valence-electron chi connectivity index (χ1n) is 2.21. The molecule has 0 amide bonds. The second-order valence-electron chi connectivity index (χ2n) is 2.46. The molecule has 0 unspecified atom stereocenters. The first kappa shape index (κ1) is 17.7. The molecule has 0 N–H and O–H groups in total. The molecule has 1 nitrogen and oxygen atoms in total. The van der Waals surface area contributed by atoms with Gasteiger partial charge >= 0.3 is 33.3 Å². The fourth-order valence-corrected chi connectivity index (χ4v) is 0. The van der Waals surface area contributed by atoms with E-state index in [4.69, 9.17) is 31.8 Å². The van der Waals surface area contributed by atoms with Crippen LogP contribution in [0.2, 0.25) is 0 Å². The Balaban J connectivity index is -0.000000107. The summed E-state index contributed by atoms with van der Waals surface area (Å²) in [5, 5.41) is 0. The standard InChI is InChI=1S/C4H11ClN.3ClH.Mn/c1-6(2,3)4-5;;;;/h4H2,1-3H3;3*1H;/q+1;;;;+2/p-3. The topological polar surface area (TPSA) is 0 Å². The molecule has 0 radical (unpaired) electrons. The second kappa shape index (κ2) is 10.6. The fraction of sp³-hybridized carbons (Fsp3) is 1.00. The van der Waals surface area contributed by atoms with E-state index in [0.717, 1.165) is 4.48 Å². The zero-order chi connectivity index (χ0) is 7.91. The maximum absolute atomic E-state index is 5.45. The Morgan fingerprint density at radius 1 is 1.20 bits per heavy atom. The number of alkyl halides is 1. The molecule has 0 aromatic rings. The van der Waals surface area contributed by atoms with E-state index in [1.165, 1.54) is 0 Å². The van der Waals surface area contributed by atoms with E-state index in [9.17, 15) is 0 Å². The molecule has 0 atom stereocenters. The molecule has 10 heavy (non-hydrogen) atoms. The summed E-state index contributed by atoms with van der Waals surface area (Å²) in [6.45, 7) is 0. The average molecular weight is 270 g/mol. The molecule has 0 bridgehead atoms. The summed E-state index contributed by atoms with van der Waals surface area (Å²) >= 11 is 5.46. The number of rotatable bonds is 1. The average Bonchev–Trinajstić information content (AvgIpc) is 1.67. The molecule has 0 rings (SSSR count). The van der Waals surface area contributed by atoms with Gasteiger partial charge in [0.15, 0.2) is 6.00 Å². The molecule has 0 aliphatic carbocycles. The van der Waals surface area contributed by atoms with Crippen molar-refractivity contribution in [2.24, 2.45) is 0 Å². The molecule has 67 valence electrons. The van der Waals surface area contributed by atoms with Crippen molar-refractivity contribution in [1.82, 2.24) is 0 Å². The molecule has 0 aromatic carbocycles. The van der Waals surface area contributed by atoms with Gasteiger partial charge in [0.1, 0.15) is 0 Å². The number of halogens is 4. The molecule has 6 heteroatoms. The molecule has 0 spiro atoms. The van der Waals surface area contributed by atoms with Crippen molar-refractivity contribution in [2.45, 2.75) is 0 Å². The summed E-state index contributed by atoms with van der Waals surface area (Å²) in [6.07, 6.45) is 0. The normalized spacial score (nSPS) is 9.00. The van der Waals surface area contributed by atoms with Gasteiger partial charge in [0.25, 0.3) is 0 Å². The molecule has 0 heterocycles. The van der Waals surface area contributed by atoms with Crippen LogP contribution in [0.4, 0.5) is 0 Å². The predicted molar refractivity (Wildman–Crippen MR) is 40.5 cm³/mol. The van der Waals surface area contributed by atoms with Gasteiger partial charge in [-0.1, -0.05) is 11.6 Å². The van der Waals surface area contributed by atoms with Crippen LogP contribution in [-0.4, -0.2) is 31.6 Å². The van der Waals surface area contributed by atoms with Gasteiger partial charge in [-0.2, -0.15) is 0 Å². The van der Waals surface area contributed by atoms with Crippen LogP contribution in [0.15, 0.2) is 0 Å². The van der Waals surface area contributed by atoms with Gasteiger partial charge in [-0.15, -0.1) is 0 Å². The van der Waals surface area contributed by atoms with Crippen molar-refractivity contribution < 1.29 is 30.0 Å². The Morgan fingerprint density at radius 3 is 1.30 bits per heavy atom. The van der Waals surface area contributed by atoms with Crippen molar-refractivity contribution in [3.05, 3.63) is 0 Å². The van der Waals surface area contributed by atoms with E-state index in [1.54, 1.807) is 0 Å². The zero-order valence-corrected chi connectivity index (χ0v) is 10.2. The van der Waals surface area contributed by atoms with E-state index < -0.39 is 0 Å². The van der Waals surface area contributed by atoms with Gasteiger partial charge in [0, 0.05) is 0 Å². The Kier molecular flexibility index (Phi) is 18.8. The van der Waals surface area contributed by atoms with E-state index >= 15 is 0 Å². The monoisotopic (exact) mass is 268 g/mol. The van der Waals surface area contributed by atoms with Gasteiger partial charge in [0.2, 0.25) is 0 Å². The molecule has 0 saturated heterocycles. The number of quaternary nitrogens is 1. The Bertz CT molecular complexity index is 55.7. The Labute approximate surface area is 88.6 Å². The van der Waals surface area contributed by atoms with Crippen LogP contribution in [0.25, 0.3) is 0 Å². The van der Waals surface area contributed by atoms with Crippen LogP contribution in [0.3, 0.4) is 0 Å². The fourth-order valence-electron chi connectivity index (χ4n) is 0. The van der Waals surface area contributed by atoms with Gasteiger partial charge in [-0.05, 0) is 0 Å². The third kappa shape index (κ3) is 33.4. The quantitative estimate of drug-likeness (QED) is 0.255. The van der Waals surface area contributed by atoms with Crippen molar-refractivity contribution in [3.63, 3.8) is 0 Å². The van der Waals surface area contributed by atoms with E-state index in [1.807, 2.05) is 21.1 Å². The van der Waals surface area contributed by atoms with Crippen LogP contribution in [0.1, 0.15) is 0 Å². The number of nitrogens with zero attached hydrogens (tertiary/aromatic N) is 1. The predicted octanol–water partition coefficient (Wildman–Crippen LogP) is -0.731. The molecule has 0 fully saturated rings. The third-order valence-corrected chi connectivity index (χ3v) is 1.08. The van der Waals surface area contributed by atoms with Crippen molar-refractivity contribution in [2.75, 3.05) is 27.1 Å². The minimum atomic E-state index is 0. The third-order valence-electron chi connectivity index (χ3n) is 0.359. The minimum absolute atomic E-state index is 0. The van der Waals surface area contributed by atoms with Gasteiger partial charge in [-0.25, -0.2) is 0 Å². The van der Waals surface area contributed by atoms with Crippen LogP contribution >= 0.6 is 31.8 Å². The van der Waals surface area contributed by atoms with Gasteiger partial charge in [0.05, 0.1) is 21.1 Å². The SMILES string of the molecule is C[N+](C)(C)CCl.[Cl-].[Cl][Mn][Cl]. The van der Waals surface area contributed by atoms with Crippen LogP contribution in [0.5, 0.6) is 0 Å². The van der Waals surface area contributed by atoms with Gasteiger partial charge in [-0.3, -0.25) is 0 Å².